The molecule has 0 spiro atoms. The number of nitrogens with one attached hydrogen (secondary N) is 1. The van der Waals surface area contributed by atoms with E-state index in [2.05, 4.69) is 5.32 Å². The summed E-state index contributed by atoms with van der Waals surface area (Å²) in [5.41, 5.74) is 0. The summed E-state index contributed by atoms with van der Waals surface area (Å²) < 4.78 is 0. The summed E-state index contributed by atoms with van der Waals surface area (Å²) in [5.74, 6) is 0.325. The van der Waals surface area contributed by atoms with E-state index in [1.165, 1.54) is 0 Å². The second-order valence-electron chi connectivity index (χ2n) is 3.89. The van der Waals surface area contributed by atoms with Crippen LogP contribution in [-0.4, -0.2) is 35.4 Å². The molecule has 0 aliphatic heterocycles. The highest BCUT2D eigenvalue weighted by Gasteiger charge is 2.11. The second-order valence-corrected chi connectivity index (χ2v) is 3.89. The van der Waals surface area contributed by atoms with Crippen LogP contribution in [0.5, 0.6) is 0 Å². The van der Waals surface area contributed by atoms with Gasteiger partial charge < -0.3 is 15.5 Å². The summed E-state index contributed by atoms with van der Waals surface area (Å²) in [6, 6.07) is -0.101. The number of aliphatic hydroxyl groups is 2. The van der Waals surface area contributed by atoms with Gasteiger partial charge in [0.15, 0.2) is 0 Å². The molecule has 0 bridgehead atoms. The van der Waals surface area contributed by atoms with Crippen LogP contribution in [0.2, 0.25) is 0 Å². The molecule has 0 fully saturated rings. The topological polar surface area (TPSA) is 69.6 Å². The van der Waals surface area contributed by atoms with E-state index in [0.717, 1.165) is 0 Å². The number of carbonyl (C=O) groups is 1. The van der Waals surface area contributed by atoms with Crippen LogP contribution in [0.1, 0.15) is 33.1 Å². The number of carbonyl (C=O) groups excluding carboxylic acids is 1. The Bertz CT molecular complexity index is 153. The average molecular weight is 203 g/mol. The molecule has 0 heterocycles. The van der Waals surface area contributed by atoms with Crippen molar-refractivity contribution in [1.82, 2.24) is 5.32 Å². The number of hydrogen-bond acceptors (Lipinski definition) is 3. The van der Waals surface area contributed by atoms with Gasteiger partial charge in [-0.15, -0.1) is 0 Å². The largest absolute Gasteiger partial charge is 0.396 e. The fourth-order valence-electron chi connectivity index (χ4n) is 1.26. The summed E-state index contributed by atoms with van der Waals surface area (Å²) in [4.78, 5) is 11.3. The van der Waals surface area contributed by atoms with Crippen molar-refractivity contribution in [1.29, 1.82) is 0 Å². The molecule has 0 aromatic rings. The van der Waals surface area contributed by atoms with E-state index in [1.54, 1.807) is 0 Å². The number of aliphatic hydroxyl groups excluding tert-OH is 2. The van der Waals surface area contributed by atoms with Crippen LogP contribution >= 0.6 is 0 Å². The summed E-state index contributed by atoms with van der Waals surface area (Å²) in [7, 11) is 0. The summed E-state index contributed by atoms with van der Waals surface area (Å²) in [6.45, 7) is 4.03. The van der Waals surface area contributed by atoms with Crippen LogP contribution in [0.15, 0.2) is 0 Å². The van der Waals surface area contributed by atoms with Crippen LogP contribution in [0.4, 0.5) is 0 Å². The first-order valence-corrected chi connectivity index (χ1v) is 5.11. The predicted octanol–water partition coefficient (Wildman–Crippen LogP) is 0.282. The Morgan fingerprint density at radius 2 is 1.71 bits per heavy atom. The third-order valence-corrected chi connectivity index (χ3v) is 1.91. The Morgan fingerprint density at radius 3 is 2.07 bits per heavy atom. The van der Waals surface area contributed by atoms with E-state index in [9.17, 15) is 4.79 Å². The van der Waals surface area contributed by atoms with Crippen molar-refractivity contribution in [2.45, 2.75) is 39.2 Å². The molecule has 0 aromatic heterocycles. The lowest BCUT2D eigenvalue weighted by atomic mass is 10.1. The van der Waals surface area contributed by atoms with Gasteiger partial charge in [-0.1, -0.05) is 13.8 Å². The zero-order valence-electron chi connectivity index (χ0n) is 8.99. The van der Waals surface area contributed by atoms with Crippen molar-refractivity contribution in [3.8, 4) is 0 Å². The molecule has 14 heavy (non-hydrogen) atoms. The van der Waals surface area contributed by atoms with Gasteiger partial charge in [0, 0.05) is 25.7 Å². The fourth-order valence-corrected chi connectivity index (χ4v) is 1.26. The van der Waals surface area contributed by atoms with Gasteiger partial charge in [0.2, 0.25) is 5.91 Å². The molecule has 0 atom stereocenters. The number of amides is 1. The zero-order valence-corrected chi connectivity index (χ0v) is 8.99. The molecule has 0 unspecified atom stereocenters. The van der Waals surface area contributed by atoms with Gasteiger partial charge >= 0.3 is 0 Å². The van der Waals surface area contributed by atoms with Crippen LogP contribution < -0.4 is 5.32 Å². The van der Waals surface area contributed by atoms with E-state index in [-0.39, 0.29) is 25.2 Å². The van der Waals surface area contributed by atoms with Crippen LogP contribution in [0, 0.1) is 5.92 Å². The predicted molar refractivity (Wildman–Crippen MR) is 54.8 cm³/mol. The first kappa shape index (κ1) is 13.4. The van der Waals surface area contributed by atoms with Gasteiger partial charge in [0.25, 0.3) is 0 Å². The van der Waals surface area contributed by atoms with Crippen molar-refractivity contribution in [2.75, 3.05) is 13.2 Å². The maximum Gasteiger partial charge on any atom is 0.220 e. The van der Waals surface area contributed by atoms with Gasteiger partial charge in [0.05, 0.1) is 0 Å². The Hall–Kier alpha value is -0.610. The Kier molecular flexibility index (Phi) is 7.42. The average Bonchev–Trinajstić information content (AvgIpc) is 2.03. The Balaban J connectivity index is 3.82. The van der Waals surface area contributed by atoms with Gasteiger partial charge in [-0.05, 0) is 18.8 Å². The molecule has 3 N–H and O–H groups in total. The van der Waals surface area contributed by atoms with Gasteiger partial charge in [-0.2, -0.15) is 0 Å². The Labute approximate surface area is 85.3 Å². The third kappa shape index (κ3) is 6.86. The summed E-state index contributed by atoms with van der Waals surface area (Å²) in [5, 5.41) is 20.2. The van der Waals surface area contributed by atoms with E-state index in [4.69, 9.17) is 10.2 Å². The maximum absolute atomic E-state index is 11.3. The highest BCUT2D eigenvalue weighted by atomic mass is 16.3. The highest BCUT2D eigenvalue weighted by molar-refractivity contribution is 5.76. The van der Waals surface area contributed by atoms with Crippen LogP contribution in [0.3, 0.4) is 0 Å². The van der Waals surface area contributed by atoms with Crippen molar-refractivity contribution in [3.63, 3.8) is 0 Å². The minimum atomic E-state index is -0.101. The molecule has 0 rings (SSSR count). The molecule has 0 aliphatic carbocycles. The molecule has 84 valence electrons. The molecule has 0 aliphatic rings. The highest BCUT2D eigenvalue weighted by Crippen LogP contribution is 2.02. The molecule has 4 heteroatoms. The maximum atomic E-state index is 11.3. The van der Waals surface area contributed by atoms with Crippen molar-refractivity contribution in [3.05, 3.63) is 0 Å². The second kappa shape index (κ2) is 7.76. The van der Waals surface area contributed by atoms with Gasteiger partial charge in [-0.3, -0.25) is 4.79 Å². The van der Waals surface area contributed by atoms with Crippen LogP contribution in [-0.2, 0) is 4.79 Å². The molecule has 0 saturated heterocycles. The quantitative estimate of drug-likeness (QED) is 0.556. The van der Waals surface area contributed by atoms with E-state index in [0.29, 0.717) is 25.2 Å². The standard InChI is InChI=1S/C10H21NO3/c1-8(2)7-10(14)11-9(3-5-12)4-6-13/h8-9,12-13H,3-7H2,1-2H3,(H,11,14). The number of hydrogen-bond donors (Lipinski definition) is 3. The lowest BCUT2D eigenvalue weighted by Crippen LogP contribution is -2.36. The van der Waals surface area contributed by atoms with Gasteiger partial charge in [-0.25, -0.2) is 0 Å². The van der Waals surface area contributed by atoms with Crippen molar-refractivity contribution >= 4 is 5.91 Å². The van der Waals surface area contributed by atoms with Crippen molar-refractivity contribution in [2.24, 2.45) is 5.92 Å². The first-order chi connectivity index (χ1) is 6.60. The van der Waals surface area contributed by atoms with E-state index < -0.39 is 0 Å². The lowest BCUT2D eigenvalue weighted by Gasteiger charge is -2.17. The number of rotatable bonds is 7. The Morgan fingerprint density at radius 1 is 1.21 bits per heavy atom. The minimum Gasteiger partial charge on any atom is -0.396 e. The van der Waals surface area contributed by atoms with Gasteiger partial charge in [0.1, 0.15) is 0 Å². The molecular weight excluding hydrogens is 182 g/mol. The monoisotopic (exact) mass is 203 g/mol. The summed E-state index contributed by atoms with van der Waals surface area (Å²) in [6.07, 6.45) is 1.50. The molecule has 0 radical (unpaired) electrons. The molecule has 0 aromatic carbocycles. The van der Waals surface area contributed by atoms with Crippen molar-refractivity contribution < 1.29 is 15.0 Å². The van der Waals surface area contributed by atoms with Crippen LogP contribution in [0.25, 0.3) is 0 Å². The zero-order chi connectivity index (χ0) is 11.0. The molecule has 1 amide bonds. The van der Waals surface area contributed by atoms with E-state index in [1.807, 2.05) is 13.8 Å². The molecule has 4 nitrogen and oxygen atoms in total. The fraction of sp³-hybridized carbons (Fsp3) is 0.900. The first-order valence-electron chi connectivity index (χ1n) is 5.11. The van der Waals surface area contributed by atoms with E-state index >= 15 is 0 Å². The molecular formula is C10H21NO3. The SMILES string of the molecule is CC(C)CC(=O)NC(CCO)CCO. The normalized spacial score (nSPS) is 11.0. The third-order valence-electron chi connectivity index (χ3n) is 1.91. The minimum absolute atomic E-state index is 0.00750. The summed E-state index contributed by atoms with van der Waals surface area (Å²) >= 11 is 0. The smallest absolute Gasteiger partial charge is 0.220 e. The lowest BCUT2D eigenvalue weighted by molar-refractivity contribution is -0.122. The molecule has 0 saturated carbocycles.